The number of aliphatic hydroxyl groups excluding tert-OH is 1. The average Bonchev–Trinajstić information content (AvgIpc) is 3.09. The van der Waals surface area contributed by atoms with Crippen molar-refractivity contribution in [2.75, 3.05) is 13.2 Å². The Morgan fingerprint density at radius 1 is 0.627 bits per heavy atom. The third kappa shape index (κ3) is 38.3. The number of rotatable bonds is 33. The zero-order valence-corrected chi connectivity index (χ0v) is 32.2. The second-order valence-electron chi connectivity index (χ2n) is 12.4. The Morgan fingerprint density at radius 3 is 1.90 bits per heavy atom. The number of phosphoric ester groups is 1. The topological polar surface area (TPSA) is 140 Å². The maximum Gasteiger partial charge on any atom is 0.469 e. The molecular formula is C41H67O9P. The van der Waals surface area contributed by atoms with E-state index >= 15 is 0 Å². The number of ether oxygens (including phenoxy) is 2. The number of aliphatic hydroxyl groups is 1. The Balaban J connectivity index is 4.21. The normalized spacial score (nSPS) is 14.1. The highest BCUT2D eigenvalue weighted by Crippen LogP contribution is 2.35. The molecule has 0 rings (SSSR count). The molecule has 1 unspecified atom stereocenters. The van der Waals surface area contributed by atoms with E-state index in [0.29, 0.717) is 25.7 Å². The summed E-state index contributed by atoms with van der Waals surface area (Å²) < 4.78 is 26.2. The molecule has 0 fully saturated rings. The summed E-state index contributed by atoms with van der Waals surface area (Å²) in [6, 6.07) is 0. The first kappa shape index (κ1) is 48.2. The number of hydrogen-bond donors (Lipinski definition) is 3. The van der Waals surface area contributed by atoms with Gasteiger partial charge in [-0.1, -0.05) is 137 Å². The van der Waals surface area contributed by atoms with Crippen LogP contribution in [0.2, 0.25) is 0 Å². The predicted octanol–water partition coefficient (Wildman–Crippen LogP) is 10.3. The summed E-state index contributed by atoms with van der Waals surface area (Å²) in [5.74, 6) is -1.03. The minimum atomic E-state index is -4.79. The molecule has 290 valence electrons. The molecule has 0 bridgehead atoms. The van der Waals surface area contributed by atoms with Crippen LogP contribution >= 0.6 is 7.82 Å². The van der Waals surface area contributed by atoms with Crippen molar-refractivity contribution in [3.05, 3.63) is 85.1 Å². The standard InChI is InChI=1S/C41H67O9P/c1-3-5-7-9-11-12-13-14-15-19-22-26-30-34-40(43)48-36-39(37-49-51(45,46)47)50-41(44)35-31-27-23-20-17-16-18-21-25-29-33-38(42)32-28-24-10-8-6-4-2/h6,8,12-13,16-17,21,23-25,27-29,33,38-39,42H,3-5,7,9-11,14-15,18-20,22,26,30-32,34-37H2,1-2H3,(H2,45,46,47)/b8-6-,13-12-,17-16-,25-21-,27-23-,28-24-,33-29+/t38?,39-/m1/s1. The largest absolute Gasteiger partial charge is 0.469 e. The number of phosphoric acid groups is 1. The summed E-state index contributed by atoms with van der Waals surface area (Å²) in [5.41, 5.74) is 0. The first-order valence-electron chi connectivity index (χ1n) is 19.0. The van der Waals surface area contributed by atoms with Gasteiger partial charge < -0.3 is 24.4 Å². The van der Waals surface area contributed by atoms with Gasteiger partial charge in [0.05, 0.1) is 12.7 Å². The van der Waals surface area contributed by atoms with Crippen molar-refractivity contribution in [3.8, 4) is 0 Å². The number of hydrogen-bond acceptors (Lipinski definition) is 7. The second kappa shape index (κ2) is 35.6. The summed E-state index contributed by atoms with van der Waals surface area (Å²) in [6.45, 7) is 3.39. The SMILES string of the molecule is CC/C=C\C/C=C\CC(O)/C=C/C=C\C/C=C\C/C=C\CCC(=O)O[C@H](COC(=O)CCCCCCC/C=C\CCCCCC)COP(=O)(O)O. The lowest BCUT2D eigenvalue weighted by Gasteiger charge is -2.18. The Morgan fingerprint density at radius 2 is 1.22 bits per heavy atom. The molecule has 51 heavy (non-hydrogen) atoms. The zero-order valence-electron chi connectivity index (χ0n) is 31.3. The van der Waals surface area contributed by atoms with E-state index in [0.717, 1.165) is 57.8 Å². The second-order valence-corrected chi connectivity index (χ2v) is 13.6. The van der Waals surface area contributed by atoms with Crippen molar-refractivity contribution in [3.63, 3.8) is 0 Å². The predicted molar refractivity (Wildman–Crippen MR) is 208 cm³/mol. The highest BCUT2D eigenvalue weighted by molar-refractivity contribution is 7.46. The van der Waals surface area contributed by atoms with Crippen LogP contribution in [0.1, 0.15) is 136 Å². The highest BCUT2D eigenvalue weighted by Gasteiger charge is 2.22. The molecule has 0 amide bonds. The Kier molecular flexibility index (Phi) is 33.6. The van der Waals surface area contributed by atoms with Gasteiger partial charge in [-0.2, -0.15) is 0 Å². The van der Waals surface area contributed by atoms with E-state index in [4.69, 9.17) is 19.3 Å². The van der Waals surface area contributed by atoms with Gasteiger partial charge >= 0.3 is 19.8 Å². The molecule has 0 heterocycles. The third-order valence-corrected chi connectivity index (χ3v) is 7.98. The molecule has 0 aromatic heterocycles. The molecule has 0 saturated heterocycles. The summed E-state index contributed by atoms with van der Waals surface area (Å²) in [4.78, 5) is 42.7. The summed E-state index contributed by atoms with van der Waals surface area (Å²) in [6.07, 6.45) is 43.4. The number of carbonyl (C=O) groups is 2. The van der Waals surface area contributed by atoms with Gasteiger partial charge in [0.15, 0.2) is 6.10 Å². The summed E-state index contributed by atoms with van der Waals surface area (Å²) in [5, 5.41) is 9.96. The lowest BCUT2D eigenvalue weighted by atomic mass is 10.1. The van der Waals surface area contributed by atoms with Gasteiger partial charge in [-0.05, 0) is 70.6 Å². The van der Waals surface area contributed by atoms with E-state index in [1.807, 2.05) is 48.6 Å². The van der Waals surface area contributed by atoms with Crippen molar-refractivity contribution < 1.29 is 43.0 Å². The molecule has 0 aliphatic rings. The van der Waals surface area contributed by atoms with Crippen molar-refractivity contribution in [1.82, 2.24) is 0 Å². The van der Waals surface area contributed by atoms with Gasteiger partial charge in [0, 0.05) is 12.8 Å². The lowest BCUT2D eigenvalue weighted by molar-refractivity contribution is -0.161. The number of unbranched alkanes of at least 4 members (excludes halogenated alkanes) is 9. The van der Waals surface area contributed by atoms with Crippen molar-refractivity contribution >= 4 is 19.8 Å². The molecule has 0 spiro atoms. The fraction of sp³-hybridized carbons (Fsp3) is 0.610. The van der Waals surface area contributed by atoms with Gasteiger partial charge in [0.25, 0.3) is 0 Å². The van der Waals surface area contributed by atoms with Gasteiger partial charge in [-0.3, -0.25) is 14.1 Å². The van der Waals surface area contributed by atoms with E-state index in [1.165, 1.54) is 25.7 Å². The van der Waals surface area contributed by atoms with Crippen LogP contribution in [-0.4, -0.2) is 52.3 Å². The van der Waals surface area contributed by atoms with Gasteiger partial charge in [-0.25, -0.2) is 4.57 Å². The van der Waals surface area contributed by atoms with E-state index < -0.39 is 38.6 Å². The van der Waals surface area contributed by atoms with Crippen LogP contribution in [0.4, 0.5) is 0 Å². The first-order chi connectivity index (χ1) is 24.7. The fourth-order valence-electron chi connectivity index (χ4n) is 4.65. The van der Waals surface area contributed by atoms with Gasteiger partial charge in [-0.15, -0.1) is 0 Å². The number of allylic oxidation sites excluding steroid dienone is 12. The third-order valence-electron chi connectivity index (χ3n) is 7.49. The maximum absolute atomic E-state index is 12.3. The minimum absolute atomic E-state index is 0.0575. The van der Waals surface area contributed by atoms with Crippen LogP contribution in [-0.2, 0) is 28.2 Å². The highest BCUT2D eigenvalue weighted by atomic mass is 31.2. The van der Waals surface area contributed by atoms with Crippen LogP contribution in [0.15, 0.2) is 85.1 Å². The zero-order chi connectivity index (χ0) is 37.7. The van der Waals surface area contributed by atoms with E-state index in [1.54, 1.807) is 6.08 Å². The van der Waals surface area contributed by atoms with Gasteiger partial charge in [0.1, 0.15) is 6.61 Å². The molecule has 10 heteroatoms. The number of esters is 2. The molecule has 0 aliphatic carbocycles. The van der Waals surface area contributed by atoms with Crippen LogP contribution in [0, 0.1) is 0 Å². The Hall–Kier alpha value is -2.81. The summed E-state index contributed by atoms with van der Waals surface area (Å²) >= 11 is 0. The van der Waals surface area contributed by atoms with Crippen molar-refractivity contribution in [2.24, 2.45) is 0 Å². The molecule has 3 N–H and O–H groups in total. The van der Waals surface area contributed by atoms with E-state index in [9.17, 15) is 19.3 Å². The minimum Gasteiger partial charge on any atom is -0.462 e. The average molecular weight is 735 g/mol. The first-order valence-corrected chi connectivity index (χ1v) is 20.5. The van der Waals surface area contributed by atoms with E-state index in [-0.39, 0.29) is 19.4 Å². The van der Waals surface area contributed by atoms with Crippen LogP contribution in [0.3, 0.4) is 0 Å². The van der Waals surface area contributed by atoms with Crippen molar-refractivity contribution in [1.29, 1.82) is 0 Å². The molecule has 0 aromatic rings. The molecule has 9 nitrogen and oxygen atoms in total. The monoisotopic (exact) mass is 734 g/mol. The molecule has 0 aliphatic heterocycles. The fourth-order valence-corrected chi connectivity index (χ4v) is 5.01. The Labute approximate surface area is 308 Å². The molecule has 2 atom stereocenters. The van der Waals surface area contributed by atoms with Gasteiger partial charge in [0.2, 0.25) is 0 Å². The van der Waals surface area contributed by atoms with Crippen LogP contribution in [0.25, 0.3) is 0 Å². The Bertz CT molecular complexity index is 1110. The smallest absolute Gasteiger partial charge is 0.462 e. The molecular weight excluding hydrogens is 667 g/mol. The van der Waals surface area contributed by atoms with E-state index in [2.05, 4.69) is 48.8 Å². The molecule has 0 radical (unpaired) electrons. The maximum atomic E-state index is 12.3. The van der Waals surface area contributed by atoms with Crippen LogP contribution < -0.4 is 0 Å². The molecule has 0 aromatic carbocycles. The number of carbonyl (C=O) groups excluding carboxylic acids is 2. The summed E-state index contributed by atoms with van der Waals surface area (Å²) in [7, 11) is -4.79. The molecule has 0 saturated carbocycles. The van der Waals surface area contributed by atoms with Crippen molar-refractivity contribution in [2.45, 2.75) is 148 Å². The van der Waals surface area contributed by atoms with Crippen LogP contribution in [0.5, 0.6) is 0 Å². The lowest BCUT2D eigenvalue weighted by Crippen LogP contribution is -2.29. The quantitative estimate of drug-likeness (QED) is 0.0198.